The molecule has 1 fully saturated rings. The molecule has 0 N–H and O–H groups in total. The molecule has 58 valence electrons. The third kappa shape index (κ3) is 1.36. The highest BCUT2D eigenvalue weighted by Gasteiger charge is 2.27. The Morgan fingerprint density at radius 1 is 1.64 bits per heavy atom. The van der Waals surface area contributed by atoms with Gasteiger partial charge in [-0.3, -0.25) is 4.79 Å². The van der Waals surface area contributed by atoms with Gasteiger partial charge in [0.1, 0.15) is 5.78 Å². The third-order valence-electron chi connectivity index (χ3n) is 2.22. The first-order chi connectivity index (χ1) is 5.36. The van der Waals surface area contributed by atoms with E-state index in [1.165, 1.54) is 4.88 Å². The highest BCUT2D eigenvalue weighted by Crippen LogP contribution is 2.27. The maximum absolute atomic E-state index is 11.0. The third-order valence-corrected chi connectivity index (χ3v) is 3.12. The number of hydrogen-bond acceptors (Lipinski definition) is 2. The van der Waals surface area contributed by atoms with Crippen LogP contribution in [0.3, 0.4) is 0 Å². The molecule has 0 aromatic carbocycles. The Hall–Kier alpha value is -0.630. The van der Waals surface area contributed by atoms with E-state index in [4.69, 9.17) is 0 Å². The van der Waals surface area contributed by atoms with E-state index in [1.54, 1.807) is 11.3 Å². The van der Waals surface area contributed by atoms with Crippen molar-refractivity contribution in [3.63, 3.8) is 0 Å². The Labute approximate surface area is 70.1 Å². The maximum Gasteiger partial charge on any atom is 0.136 e. The minimum Gasteiger partial charge on any atom is -0.299 e. The van der Waals surface area contributed by atoms with Crippen LogP contribution in [0.5, 0.6) is 0 Å². The molecule has 1 aliphatic carbocycles. The standard InChI is InChI=1S/C9H10OS/c10-9-4-3-7(9)6-8-2-1-5-11-8/h1-2,5,7H,3-4,6H2. The van der Waals surface area contributed by atoms with Crippen LogP contribution in [0.25, 0.3) is 0 Å². The molecule has 1 saturated carbocycles. The van der Waals surface area contributed by atoms with E-state index >= 15 is 0 Å². The summed E-state index contributed by atoms with van der Waals surface area (Å²) in [5.74, 6) is 0.812. The van der Waals surface area contributed by atoms with Crippen molar-refractivity contribution in [2.75, 3.05) is 0 Å². The summed E-state index contributed by atoms with van der Waals surface area (Å²) in [6, 6.07) is 4.15. The Balaban J connectivity index is 1.96. The molecule has 11 heavy (non-hydrogen) atoms. The topological polar surface area (TPSA) is 17.1 Å². The number of rotatable bonds is 2. The van der Waals surface area contributed by atoms with Crippen LogP contribution in [0.1, 0.15) is 17.7 Å². The second-order valence-corrected chi connectivity index (χ2v) is 4.02. The van der Waals surface area contributed by atoms with Crippen LogP contribution in [0.2, 0.25) is 0 Å². The molecule has 1 aromatic heterocycles. The maximum atomic E-state index is 11.0. The van der Waals surface area contributed by atoms with Gasteiger partial charge in [-0.15, -0.1) is 11.3 Å². The van der Waals surface area contributed by atoms with Crippen molar-refractivity contribution >= 4 is 17.1 Å². The van der Waals surface area contributed by atoms with E-state index in [0.717, 1.165) is 19.3 Å². The lowest BCUT2D eigenvalue weighted by molar-refractivity contribution is -0.129. The fraction of sp³-hybridized carbons (Fsp3) is 0.444. The molecule has 2 rings (SSSR count). The summed E-state index contributed by atoms with van der Waals surface area (Å²) in [7, 11) is 0. The van der Waals surface area contributed by atoms with Gasteiger partial charge in [-0.2, -0.15) is 0 Å². The van der Waals surface area contributed by atoms with Crippen molar-refractivity contribution in [2.24, 2.45) is 5.92 Å². The molecule has 1 atom stereocenters. The van der Waals surface area contributed by atoms with Gasteiger partial charge in [0.25, 0.3) is 0 Å². The van der Waals surface area contributed by atoms with Gasteiger partial charge >= 0.3 is 0 Å². The second kappa shape index (κ2) is 2.78. The Morgan fingerprint density at radius 3 is 3.00 bits per heavy atom. The fourth-order valence-electron chi connectivity index (χ4n) is 1.35. The smallest absolute Gasteiger partial charge is 0.136 e. The predicted octanol–water partition coefficient (Wildman–Crippen LogP) is 2.27. The van der Waals surface area contributed by atoms with Crippen LogP contribution in [0.4, 0.5) is 0 Å². The minimum absolute atomic E-state index is 0.355. The number of thiophene rings is 1. The number of Topliss-reactive ketones (excluding diaryl/α,β-unsaturated/α-hetero) is 1. The average molecular weight is 166 g/mol. The zero-order chi connectivity index (χ0) is 7.68. The molecule has 1 nitrogen and oxygen atoms in total. The molecule has 1 aliphatic rings. The quantitative estimate of drug-likeness (QED) is 0.658. The van der Waals surface area contributed by atoms with Crippen molar-refractivity contribution in [3.8, 4) is 0 Å². The molecule has 1 aromatic rings. The molecule has 0 aliphatic heterocycles. The van der Waals surface area contributed by atoms with E-state index in [-0.39, 0.29) is 0 Å². The van der Waals surface area contributed by atoms with Crippen LogP contribution in [-0.2, 0) is 11.2 Å². The molecule has 2 heteroatoms. The van der Waals surface area contributed by atoms with Crippen LogP contribution < -0.4 is 0 Å². The van der Waals surface area contributed by atoms with E-state index in [1.807, 2.05) is 6.07 Å². The van der Waals surface area contributed by atoms with E-state index in [0.29, 0.717) is 11.7 Å². The molecule has 1 unspecified atom stereocenters. The van der Waals surface area contributed by atoms with Gasteiger partial charge in [-0.25, -0.2) is 0 Å². The first kappa shape index (κ1) is 7.04. The molecular formula is C9H10OS. The van der Waals surface area contributed by atoms with Crippen molar-refractivity contribution in [1.29, 1.82) is 0 Å². The summed E-state index contributed by atoms with van der Waals surface area (Å²) >= 11 is 1.75. The van der Waals surface area contributed by atoms with Crippen LogP contribution >= 0.6 is 11.3 Å². The van der Waals surface area contributed by atoms with Gasteiger partial charge in [-0.1, -0.05) is 6.07 Å². The molecule has 0 spiro atoms. The first-order valence-corrected chi connectivity index (χ1v) is 4.79. The highest BCUT2D eigenvalue weighted by molar-refractivity contribution is 7.09. The summed E-state index contributed by atoms with van der Waals surface area (Å²) in [4.78, 5) is 12.3. The fourth-order valence-corrected chi connectivity index (χ4v) is 2.14. The summed E-state index contributed by atoms with van der Waals surface area (Å²) in [6.45, 7) is 0. The zero-order valence-electron chi connectivity index (χ0n) is 6.25. The molecule has 1 heterocycles. The van der Waals surface area contributed by atoms with Gasteiger partial charge in [0.2, 0.25) is 0 Å². The lowest BCUT2D eigenvalue weighted by Gasteiger charge is -2.22. The summed E-state index contributed by atoms with van der Waals surface area (Å²) in [5, 5.41) is 2.07. The lowest BCUT2D eigenvalue weighted by atomic mass is 9.81. The van der Waals surface area contributed by atoms with E-state index in [9.17, 15) is 4.79 Å². The van der Waals surface area contributed by atoms with Crippen molar-refractivity contribution in [1.82, 2.24) is 0 Å². The summed E-state index contributed by atoms with van der Waals surface area (Å²) in [5.41, 5.74) is 0. The SMILES string of the molecule is O=C1CCC1Cc1cccs1. The van der Waals surface area contributed by atoms with Crippen LogP contribution in [0, 0.1) is 5.92 Å². The normalized spacial score (nSPS) is 23.3. The summed E-state index contributed by atoms with van der Waals surface area (Å²) in [6.07, 6.45) is 2.91. The van der Waals surface area contributed by atoms with Crippen molar-refractivity contribution in [3.05, 3.63) is 22.4 Å². The van der Waals surface area contributed by atoms with Crippen molar-refractivity contribution in [2.45, 2.75) is 19.3 Å². The lowest BCUT2D eigenvalue weighted by Crippen LogP contribution is -2.26. The number of ketones is 1. The Kier molecular flexibility index (Phi) is 1.78. The second-order valence-electron chi connectivity index (χ2n) is 2.99. The predicted molar refractivity (Wildman–Crippen MR) is 45.8 cm³/mol. The Bertz CT molecular complexity index is 251. The van der Waals surface area contributed by atoms with Gasteiger partial charge in [0.15, 0.2) is 0 Å². The van der Waals surface area contributed by atoms with Gasteiger partial charge in [-0.05, 0) is 24.3 Å². The number of hydrogen-bond donors (Lipinski definition) is 0. The largest absolute Gasteiger partial charge is 0.299 e. The van der Waals surface area contributed by atoms with Gasteiger partial charge in [0, 0.05) is 17.2 Å². The molecule has 0 radical (unpaired) electrons. The minimum atomic E-state index is 0.355. The molecule has 0 amide bonds. The number of carbonyl (C=O) groups excluding carboxylic acids is 1. The van der Waals surface area contributed by atoms with Crippen molar-refractivity contribution < 1.29 is 4.79 Å². The zero-order valence-corrected chi connectivity index (χ0v) is 7.06. The average Bonchev–Trinajstić information content (AvgIpc) is 2.49. The number of carbonyl (C=O) groups is 1. The van der Waals surface area contributed by atoms with Gasteiger partial charge in [0.05, 0.1) is 0 Å². The van der Waals surface area contributed by atoms with E-state index in [2.05, 4.69) is 11.4 Å². The molecule has 0 bridgehead atoms. The van der Waals surface area contributed by atoms with Gasteiger partial charge < -0.3 is 0 Å². The van der Waals surface area contributed by atoms with Crippen LogP contribution in [-0.4, -0.2) is 5.78 Å². The Morgan fingerprint density at radius 2 is 2.55 bits per heavy atom. The molecule has 0 saturated heterocycles. The summed E-state index contributed by atoms with van der Waals surface area (Å²) < 4.78 is 0. The highest BCUT2D eigenvalue weighted by atomic mass is 32.1. The first-order valence-electron chi connectivity index (χ1n) is 3.91. The monoisotopic (exact) mass is 166 g/mol. The molecular weight excluding hydrogens is 156 g/mol. The van der Waals surface area contributed by atoms with Crippen LogP contribution in [0.15, 0.2) is 17.5 Å². The van der Waals surface area contributed by atoms with E-state index < -0.39 is 0 Å².